The Morgan fingerprint density at radius 3 is 2.79 bits per heavy atom. The number of nitrogens with zero attached hydrogens (tertiary/aromatic N) is 2. The van der Waals surface area contributed by atoms with Crippen molar-refractivity contribution < 1.29 is 18.7 Å². The van der Waals surface area contributed by atoms with Gasteiger partial charge in [0.2, 0.25) is 0 Å². The van der Waals surface area contributed by atoms with E-state index in [2.05, 4.69) is 10.2 Å². The quantitative estimate of drug-likeness (QED) is 0.450. The van der Waals surface area contributed by atoms with Crippen molar-refractivity contribution in [3.63, 3.8) is 0 Å². The van der Waals surface area contributed by atoms with Crippen molar-refractivity contribution in [3.05, 3.63) is 63.7 Å². The first-order valence-corrected chi connectivity index (χ1v) is 11.7. The van der Waals surface area contributed by atoms with E-state index < -0.39 is 0 Å². The van der Waals surface area contributed by atoms with Crippen LogP contribution in [0.4, 0.5) is 0 Å². The van der Waals surface area contributed by atoms with Gasteiger partial charge in [0.15, 0.2) is 5.75 Å². The topological polar surface area (TPSA) is 85.9 Å². The second kappa shape index (κ2) is 9.38. The van der Waals surface area contributed by atoms with Crippen LogP contribution >= 0.6 is 11.3 Å². The summed E-state index contributed by atoms with van der Waals surface area (Å²) in [5.41, 5.74) is 0.644. The molecule has 0 radical (unpaired) electrons. The fourth-order valence-electron chi connectivity index (χ4n) is 4.08. The third kappa shape index (κ3) is 4.27. The number of amides is 1. The van der Waals surface area contributed by atoms with Crippen molar-refractivity contribution in [3.8, 4) is 5.75 Å². The van der Waals surface area contributed by atoms with E-state index in [4.69, 9.17) is 13.9 Å². The number of pyridine rings is 1. The molecule has 3 aromatic heterocycles. The summed E-state index contributed by atoms with van der Waals surface area (Å²) in [6, 6.07) is 11.3. The summed E-state index contributed by atoms with van der Waals surface area (Å²) in [4.78, 5) is 29.1. The standard InChI is InChI=1S/C24H25N3O5S/c1-26-18-7-3-2-6-17(18)21-19(24(26)29)20(32-14-10-27-8-12-30-13-9-27)22(33-21)23(28)25-15-16-5-4-11-31-16/h2-7,11H,8-10,12-15H2,1H3,(H,25,28). The lowest BCUT2D eigenvalue weighted by Gasteiger charge is -2.26. The molecule has 5 rings (SSSR count). The Morgan fingerprint density at radius 1 is 1.18 bits per heavy atom. The van der Waals surface area contributed by atoms with Crippen LogP contribution in [0.5, 0.6) is 5.75 Å². The summed E-state index contributed by atoms with van der Waals surface area (Å²) in [7, 11) is 1.75. The van der Waals surface area contributed by atoms with Crippen LogP contribution in [0.3, 0.4) is 0 Å². The van der Waals surface area contributed by atoms with E-state index >= 15 is 0 Å². The van der Waals surface area contributed by atoms with Gasteiger partial charge in [-0.05, 0) is 18.2 Å². The molecule has 1 fully saturated rings. The summed E-state index contributed by atoms with van der Waals surface area (Å²) in [5.74, 6) is 0.715. The van der Waals surface area contributed by atoms with Crippen LogP contribution in [-0.2, 0) is 18.3 Å². The lowest BCUT2D eigenvalue weighted by molar-refractivity contribution is 0.0323. The number of ether oxygens (including phenoxy) is 2. The first kappa shape index (κ1) is 21.7. The zero-order valence-corrected chi connectivity index (χ0v) is 19.2. The van der Waals surface area contributed by atoms with Crippen LogP contribution in [0.2, 0.25) is 0 Å². The van der Waals surface area contributed by atoms with Gasteiger partial charge in [0.25, 0.3) is 11.5 Å². The molecule has 0 spiro atoms. The normalized spacial score (nSPS) is 14.7. The Kier molecular flexibility index (Phi) is 6.17. The molecule has 172 valence electrons. The van der Waals surface area contributed by atoms with Gasteiger partial charge < -0.3 is 23.8 Å². The largest absolute Gasteiger partial charge is 0.490 e. The molecule has 1 N–H and O–H groups in total. The van der Waals surface area contributed by atoms with E-state index in [0.717, 1.165) is 28.7 Å². The molecular weight excluding hydrogens is 442 g/mol. The Labute approximate surface area is 194 Å². The van der Waals surface area contributed by atoms with Crippen molar-refractivity contribution in [1.82, 2.24) is 14.8 Å². The number of benzene rings is 1. The lowest BCUT2D eigenvalue weighted by Crippen LogP contribution is -2.38. The summed E-state index contributed by atoms with van der Waals surface area (Å²) in [6.45, 7) is 4.42. The molecule has 4 aromatic rings. The number of nitrogens with one attached hydrogen (secondary N) is 1. The molecule has 4 heterocycles. The number of carbonyl (C=O) groups is 1. The van der Waals surface area contributed by atoms with Crippen LogP contribution in [0.25, 0.3) is 21.0 Å². The monoisotopic (exact) mass is 467 g/mol. The number of rotatable bonds is 7. The van der Waals surface area contributed by atoms with Crippen molar-refractivity contribution in [2.24, 2.45) is 7.05 Å². The number of para-hydroxylation sites is 1. The molecule has 8 nitrogen and oxygen atoms in total. The molecule has 1 amide bonds. The molecule has 0 bridgehead atoms. The van der Waals surface area contributed by atoms with Gasteiger partial charge in [-0.2, -0.15) is 0 Å². The molecule has 1 aliphatic heterocycles. The lowest BCUT2D eigenvalue weighted by atomic mass is 10.1. The number of furan rings is 1. The minimum Gasteiger partial charge on any atom is -0.490 e. The maximum absolute atomic E-state index is 13.3. The average molecular weight is 468 g/mol. The van der Waals surface area contributed by atoms with Gasteiger partial charge in [0.1, 0.15) is 22.6 Å². The number of hydrogen-bond donors (Lipinski definition) is 1. The SMILES string of the molecule is Cn1c(=O)c2c(OCCN3CCOCC3)c(C(=O)NCc3ccco3)sc2c2ccccc21. The molecule has 0 atom stereocenters. The highest BCUT2D eigenvalue weighted by Crippen LogP contribution is 2.39. The molecule has 0 saturated carbocycles. The van der Waals surface area contributed by atoms with E-state index in [1.807, 2.05) is 24.3 Å². The van der Waals surface area contributed by atoms with E-state index in [9.17, 15) is 9.59 Å². The van der Waals surface area contributed by atoms with E-state index in [1.165, 1.54) is 11.3 Å². The molecule has 33 heavy (non-hydrogen) atoms. The predicted molar refractivity (Wildman–Crippen MR) is 127 cm³/mol. The highest BCUT2D eigenvalue weighted by molar-refractivity contribution is 7.22. The maximum Gasteiger partial charge on any atom is 0.265 e. The average Bonchev–Trinajstić information content (AvgIpc) is 3.50. The van der Waals surface area contributed by atoms with Crippen molar-refractivity contribution >= 4 is 38.2 Å². The highest BCUT2D eigenvalue weighted by Gasteiger charge is 2.25. The van der Waals surface area contributed by atoms with Crippen LogP contribution in [0.1, 0.15) is 15.4 Å². The smallest absolute Gasteiger partial charge is 0.265 e. The summed E-state index contributed by atoms with van der Waals surface area (Å²) in [5, 5.41) is 4.26. The summed E-state index contributed by atoms with van der Waals surface area (Å²) >= 11 is 1.29. The summed E-state index contributed by atoms with van der Waals surface area (Å²) in [6.07, 6.45) is 1.57. The van der Waals surface area contributed by atoms with Crippen molar-refractivity contribution in [1.29, 1.82) is 0 Å². The van der Waals surface area contributed by atoms with Gasteiger partial charge in [-0.25, -0.2) is 0 Å². The second-order valence-corrected chi connectivity index (χ2v) is 8.93. The Bertz CT molecular complexity index is 1340. The van der Waals surface area contributed by atoms with Gasteiger partial charge in [-0.1, -0.05) is 18.2 Å². The van der Waals surface area contributed by atoms with Crippen LogP contribution < -0.4 is 15.6 Å². The molecule has 9 heteroatoms. The minimum absolute atomic E-state index is 0.175. The molecular formula is C24H25N3O5S. The molecule has 0 unspecified atom stereocenters. The number of thiophene rings is 1. The Balaban J connectivity index is 1.52. The number of carbonyl (C=O) groups excluding carboxylic acids is 1. The maximum atomic E-state index is 13.3. The fraction of sp³-hybridized carbons (Fsp3) is 0.333. The highest BCUT2D eigenvalue weighted by atomic mass is 32.1. The van der Waals surface area contributed by atoms with Gasteiger partial charge >= 0.3 is 0 Å². The van der Waals surface area contributed by atoms with E-state index in [-0.39, 0.29) is 18.0 Å². The van der Waals surface area contributed by atoms with E-state index in [1.54, 1.807) is 30.0 Å². The predicted octanol–water partition coefficient (Wildman–Crippen LogP) is 2.99. The molecule has 0 aliphatic carbocycles. The van der Waals surface area contributed by atoms with Gasteiger partial charge in [0, 0.05) is 32.1 Å². The summed E-state index contributed by atoms with van der Waals surface area (Å²) < 4.78 is 19.3. The zero-order valence-electron chi connectivity index (χ0n) is 18.3. The molecule has 1 aromatic carbocycles. The zero-order chi connectivity index (χ0) is 22.8. The number of aryl methyl sites for hydroxylation is 1. The van der Waals surface area contributed by atoms with Crippen molar-refractivity contribution in [2.75, 3.05) is 39.5 Å². The number of aromatic nitrogens is 1. The molecule has 1 saturated heterocycles. The first-order valence-electron chi connectivity index (χ1n) is 10.9. The Hall–Kier alpha value is -3.14. The Morgan fingerprint density at radius 2 is 2.00 bits per heavy atom. The van der Waals surface area contributed by atoms with E-state index in [0.29, 0.717) is 48.1 Å². The first-order chi connectivity index (χ1) is 16.1. The van der Waals surface area contributed by atoms with Crippen LogP contribution in [-0.4, -0.2) is 54.8 Å². The molecule has 1 aliphatic rings. The number of fused-ring (bicyclic) bond motifs is 3. The number of morpholine rings is 1. The minimum atomic E-state index is -0.292. The fourth-order valence-corrected chi connectivity index (χ4v) is 5.27. The van der Waals surface area contributed by atoms with Gasteiger partial charge in [0.05, 0.1) is 36.2 Å². The number of hydrogen-bond acceptors (Lipinski definition) is 7. The third-order valence-corrected chi connectivity index (χ3v) is 7.06. The van der Waals surface area contributed by atoms with Gasteiger partial charge in [-0.3, -0.25) is 14.5 Å². The third-order valence-electron chi connectivity index (χ3n) is 5.86. The van der Waals surface area contributed by atoms with Crippen molar-refractivity contribution in [2.45, 2.75) is 6.54 Å². The van der Waals surface area contributed by atoms with Crippen LogP contribution in [0.15, 0.2) is 51.9 Å². The van der Waals surface area contributed by atoms with Crippen LogP contribution in [0, 0.1) is 0 Å². The van der Waals surface area contributed by atoms with Gasteiger partial charge in [-0.15, -0.1) is 11.3 Å². The second-order valence-electron chi connectivity index (χ2n) is 7.91.